The summed E-state index contributed by atoms with van der Waals surface area (Å²) in [6, 6.07) is 0. The Hall–Kier alpha value is 0.763. The van der Waals surface area contributed by atoms with Crippen LogP contribution in [0.4, 0.5) is 0 Å². The van der Waals surface area contributed by atoms with Gasteiger partial charge < -0.3 is 16.4 Å². The van der Waals surface area contributed by atoms with Crippen molar-refractivity contribution in [1.29, 1.82) is 0 Å². The first-order valence-electron chi connectivity index (χ1n) is 0. The van der Waals surface area contributed by atoms with Crippen LogP contribution in [-0.2, 0) is 0 Å². The minimum atomic E-state index is 0. The Morgan fingerprint density at radius 3 is 0.500 bits per heavy atom. The van der Waals surface area contributed by atoms with Gasteiger partial charge in [-0.15, -0.1) is 0 Å². The van der Waals surface area contributed by atoms with E-state index in [1.807, 2.05) is 0 Å². The van der Waals surface area contributed by atoms with Crippen molar-refractivity contribution >= 4 is 26.2 Å². The van der Waals surface area contributed by atoms with Crippen molar-refractivity contribution in [3.63, 3.8) is 0 Å². The molecular formula is H3BiO3. The van der Waals surface area contributed by atoms with Gasteiger partial charge in [-0.1, -0.05) is 0 Å². The molecule has 0 spiro atoms. The quantitative estimate of drug-likeness (QED) is 0.528. The molecule has 0 amide bonds. The topological polar surface area (TPSA) is 90.0 Å². The van der Waals surface area contributed by atoms with Crippen LogP contribution in [0.1, 0.15) is 0 Å². The van der Waals surface area contributed by atoms with E-state index in [1.54, 1.807) is 0 Å². The van der Waals surface area contributed by atoms with Crippen molar-refractivity contribution < 1.29 is 16.4 Å². The molecule has 0 aromatic heterocycles. The second-order valence-electron chi connectivity index (χ2n) is 0. The molecule has 4 heteroatoms. The normalized spacial score (nSPS) is 0. The molecule has 0 atom stereocenters. The summed E-state index contributed by atoms with van der Waals surface area (Å²) in [5.74, 6) is 0. The Morgan fingerprint density at radius 2 is 0.500 bits per heavy atom. The van der Waals surface area contributed by atoms with Crippen molar-refractivity contribution in [2.24, 2.45) is 0 Å². The first-order chi connectivity index (χ1) is 0. The van der Waals surface area contributed by atoms with Crippen LogP contribution in [0.3, 0.4) is 0 Å². The van der Waals surface area contributed by atoms with Gasteiger partial charge in [-0.3, -0.25) is 0 Å². The van der Waals surface area contributed by atoms with Gasteiger partial charge in [-0.25, -0.2) is 0 Å². The van der Waals surface area contributed by atoms with E-state index < -0.39 is 0 Å². The molecule has 0 fully saturated rings. The van der Waals surface area contributed by atoms with Crippen molar-refractivity contribution in [3.8, 4) is 0 Å². The first-order valence-corrected chi connectivity index (χ1v) is 0. The minimum Gasteiger partial charge on any atom is -0.870 e. The maximum Gasteiger partial charge on any atom is 3.00 e. The summed E-state index contributed by atoms with van der Waals surface area (Å²) in [4.78, 5) is 0. The van der Waals surface area contributed by atoms with E-state index in [2.05, 4.69) is 0 Å². The van der Waals surface area contributed by atoms with E-state index in [1.165, 1.54) is 0 Å². The van der Waals surface area contributed by atoms with Crippen molar-refractivity contribution in [2.45, 2.75) is 0 Å². The van der Waals surface area contributed by atoms with Crippen LogP contribution >= 0.6 is 0 Å². The van der Waals surface area contributed by atoms with E-state index in [4.69, 9.17) is 0 Å². The van der Waals surface area contributed by atoms with E-state index in [-0.39, 0.29) is 42.6 Å². The molecule has 0 aliphatic carbocycles. The van der Waals surface area contributed by atoms with Gasteiger partial charge in [0.1, 0.15) is 0 Å². The SMILES string of the molecule is [Bi+3].[OH-].[OH-].[OH-]. The zero-order chi connectivity index (χ0) is 0. The standard InChI is InChI=1S/Bi.3H2O/h;3*1H2/q+3;;;/p-3. The Kier molecular flexibility index (Phi) is 1430. The zero-order valence-electron chi connectivity index (χ0n) is 1.79. The summed E-state index contributed by atoms with van der Waals surface area (Å²) in [7, 11) is 0. The Labute approximate surface area is 43.1 Å². The van der Waals surface area contributed by atoms with Crippen LogP contribution in [0.15, 0.2) is 0 Å². The summed E-state index contributed by atoms with van der Waals surface area (Å²) < 4.78 is 0. The Morgan fingerprint density at radius 1 is 0.500 bits per heavy atom. The van der Waals surface area contributed by atoms with E-state index in [0.29, 0.717) is 0 Å². The number of hydrogen-bond donors (Lipinski definition) is 0. The van der Waals surface area contributed by atoms with Crippen LogP contribution in [0.5, 0.6) is 0 Å². The minimum absolute atomic E-state index is 0. The van der Waals surface area contributed by atoms with Gasteiger partial charge in [0.05, 0.1) is 0 Å². The van der Waals surface area contributed by atoms with Gasteiger partial charge in [-0.2, -0.15) is 0 Å². The van der Waals surface area contributed by atoms with Crippen molar-refractivity contribution in [3.05, 3.63) is 0 Å². The molecule has 0 unspecified atom stereocenters. The Balaban J connectivity index is 0. The van der Waals surface area contributed by atoms with Gasteiger partial charge in [0.2, 0.25) is 0 Å². The van der Waals surface area contributed by atoms with Crippen LogP contribution in [0.25, 0.3) is 0 Å². The molecule has 0 heterocycles. The maximum absolute atomic E-state index is 0. The third-order valence-electron chi connectivity index (χ3n) is 0. The number of rotatable bonds is 0. The molecule has 3 N–H and O–H groups in total. The largest absolute Gasteiger partial charge is 3.00 e. The molecule has 0 aromatic rings. The average Bonchev–Trinajstić information content (AvgIpc) is 0. The fourth-order valence-electron chi connectivity index (χ4n) is 0. The van der Waals surface area contributed by atoms with Gasteiger partial charge in [-0.05, 0) is 0 Å². The fraction of sp³-hybridized carbons (Fsp3) is 0. The molecule has 0 saturated heterocycles. The molecule has 0 aromatic carbocycles. The van der Waals surface area contributed by atoms with E-state index in [0.717, 1.165) is 0 Å². The van der Waals surface area contributed by atoms with E-state index >= 15 is 0 Å². The summed E-state index contributed by atoms with van der Waals surface area (Å²) in [6.07, 6.45) is 0. The molecular weight excluding hydrogens is 257 g/mol. The van der Waals surface area contributed by atoms with Crippen molar-refractivity contribution in [1.82, 2.24) is 0 Å². The molecule has 4 heavy (non-hydrogen) atoms. The molecule has 2 radical (unpaired) electrons. The zero-order valence-corrected chi connectivity index (χ0v) is 5.27. The summed E-state index contributed by atoms with van der Waals surface area (Å²) >= 11 is 0. The van der Waals surface area contributed by atoms with E-state index in [9.17, 15) is 0 Å². The second kappa shape index (κ2) is 49.3. The molecule has 0 aliphatic rings. The molecule has 0 saturated carbocycles. The van der Waals surface area contributed by atoms with Crippen molar-refractivity contribution in [2.75, 3.05) is 0 Å². The predicted octanol–water partition coefficient (Wildman–Crippen LogP) is -0.911. The summed E-state index contributed by atoms with van der Waals surface area (Å²) in [5, 5.41) is 0. The molecule has 0 bridgehead atoms. The summed E-state index contributed by atoms with van der Waals surface area (Å²) in [5.41, 5.74) is 0. The van der Waals surface area contributed by atoms with Crippen LogP contribution in [-0.4, -0.2) is 42.6 Å². The van der Waals surface area contributed by atoms with Crippen LogP contribution < -0.4 is 0 Å². The third-order valence-corrected chi connectivity index (χ3v) is 0. The smallest absolute Gasteiger partial charge is 0.870 e. The van der Waals surface area contributed by atoms with Gasteiger partial charge in [0.25, 0.3) is 0 Å². The summed E-state index contributed by atoms with van der Waals surface area (Å²) in [6.45, 7) is 0. The van der Waals surface area contributed by atoms with Gasteiger partial charge >= 0.3 is 26.2 Å². The van der Waals surface area contributed by atoms with Crippen LogP contribution in [0, 0.1) is 0 Å². The third kappa shape index (κ3) is 14.7. The maximum atomic E-state index is 0. The Bertz CT molecular complexity index is 3.25. The monoisotopic (exact) mass is 260 g/mol. The van der Waals surface area contributed by atoms with Crippen LogP contribution in [0.2, 0.25) is 0 Å². The molecule has 0 aliphatic heterocycles. The first kappa shape index (κ1) is 116. The van der Waals surface area contributed by atoms with Gasteiger partial charge in [0, 0.05) is 0 Å². The predicted molar refractivity (Wildman–Crippen MR) is 11.6 cm³/mol. The molecule has 0 rings (SSSR count). The molecule has 26 valence electrons. The second-order valence-corrected chi connectivity index (χ2v) is 0. The number of hydrogen-bond acceptors (Lipinski definition) is 3. The van der Waals surface area contributed by atoms with Gasteiger partial charge in [0.15, 0.2) is 0 Å². The molecule has 3 nitrogen and oxygen atoms in total. The average molecular weight is 260 g/mol. The fourth-order valence-corrected chi connectivity index (χ4v) is 0.